The van der Waals surface area contributed by atoms with Crippen LogP contribution >= 0.6 is 0 Å². The predicted molar refractivity (Wildman–Crippen MR) is 137 cm³/mol. The minimum atomic E-state index is -0.334. The molecule has 0 aliphatic carbocycles. The van der Waals surface area contributed by atoms with Crippen molar-refractivity contribution in [2.75, 3.05) is 32.7 Å². The number of rotatable bonds is 7. The Kier molecular flexibility index (Phi) is 6.68. The summed E-state index contributed by atoms with van der Waals surface area (Å²) >= 11 is 0. The maximum atomic E-state index is 13.4. The van der Waals surface area contributed by atoms with Crippen molar-refractivity contribution in [1.82, 2.24) is 24.6 Å². The van der Waals surface area contributed by atoms with Gasteiger partial charge in [0.25, 0.3) is 5.91 Å². The number of fused-ring (bicyclic) bond motifs is 2. The van der Waals surface area contributed by atoms with E-state index < -0.39 is 0 Å². The second-order valence-corrected chi connectivity index (χ2v) is 10.1. The first-order valence-electron chi connectivity index (χ1n) is 12.5. The summed E-state index contributed by atoms with van der Waals surface area (Å²) in [4.78, 5) is 32.3. The molecule has 0 spiro atoms. The van der Waals surface area contributed by atoms with Crippen molar-refractivity contribution in [3.63, 3.8) is 0 Å². The van der Waals surface area contributed by atoms with Crippen LogP contribution in [0.15, 0.2) is 30.3 Å². The summed E-state index contributed by atoms with van der Waals surface area (Å²) in [6.07, 6.45) is 2.91. The van der Waals surface area contributed by atoms with E-state index in [2.05, 4.69) is 38.9 Å². The van der Waals surface area contributed by atoms with Gasteiger partial charge in [0.05, 0.1) is 25.7 Å². The summed E-state index contributed by atoms with van der Waals surface area (Å²) in [5.41, 5.74) is 2.96. The number of aryl methyl sites for hydroxylation is 1. The monoisotopic (exact) mass is 504 g/mol. The van der Waals surface area contributed by atoms with E-state index in [0.717, 1.165) is 29.8 Å². The molecular weight excluding hydrogens is 472 g/mol. The third-order valence-corrected chi connectivity index (χ3v) is 7.17. The first kappa shape index (κ1) is 24.9. The van der Waals surface area contributed by atoms with Crippen molar-refractivity contribution < 1.29 is 19.1 Å². The molecule has 5 rings (SSSR count). The van der Waals surface area contributed by atoms with Gasteiger partial charge in [-0.15, -0.1) is 10.2 Å². The average Bonchev–Trinajstić information content (AvgIpc) is 3.47. The molecule has 2 aromatic heterocycles. The maximum Gasteiger partial charge on any atom is 0.260 e. The van der Waals surface area contributed by atoms with E-state index in [4.69, 9.17) is 9.47 Å². The highest BCUT2D eigenvalue weighted by atomic mass is 16.5. The number of pyridine rings is 1. The Morgan fingerprint density at radius 3 is 2.73 bits per heavy atom. The van der Waals surface area contributed by atoms with Crippen LogP contribution in [0.5, 0.6) is 5.75 Å². The van der Waals surface area contributed by atoms with Gasteiger partial charge < -0.3 is 24.3 Å². The number of aromatic nitrogens is 4. The highest BCUT2D eigenvalue weighted by molar-refractivity contribution is 6.06. The molecule has 2 aliphatic rings. The maximum absolute atomic E-state index is 13.4. The van der Waals surface area contributed by atoms with E-state index in [1.807, 2.05) is 24.3 Å². The van der Waals surface area contributed by atoms with E-state index in [9.17, 15) is 9.59 Å². The second kappa shape index (κ2) is 9.93. The molecule has 0 bridgehead atoms. The number of carbonyl (C=O) groups excluding carboxylic acids is 2. The van der Waals surface area contributed by atoms with Crippen molar-refractivity contribution >= 4 is 17.6 Å². The average molecular weight is 505 g/mol. The Hall–Kier alpha value is -3.79. The Labute approximate surface area is 216 Å². The number of ether oxygens (including phenoxy) is 2. The van der Waals surface area contributed by atoms with Crippen molar-refractivity contribution in [3.8, 4) is 17.3 Å². The van der Waals surface area contributed by atoms with Gasteiger partial charge in [0.1, 0.15) is 23.1 Å². The van der Waals surface area contributed by atoms with Crippen LogP contribution in [0.3, 0.4) is 0 Å². The summed E-state index contributed by atoms with van der Waals surface area (Å²) in [6.45, 7) is 5.79. The number of hydrogen-bond donors (Lipinski definition) is 1. The van der Waals surface area contributed by atoms with Gasteiger partial charge in [-0.05, 0) is 62.1 Å². The largest absolute Gasteiger partial charge is 0.496 e. The molecule has 1 aromatic carbocycles. The van der Waals surface area contributed by atoms with Crippen LogP contribution in [0.4, 0.5) is 5.82 Å². The minimum Gasteiger partial charge on any atom is -0.496 e. The predicted octanol–water partition coefficient (Wildman–Crippen LogP) is 3.20. The number of carbonyl (C=O) groups is 2. The number of nitrogens with zero attached hydrogens (tertiary/aromatic N) is 5. The van der Waals surface area contributed by atoms with Crippen LogP contribution in [-0.4, -0.2) is 63.8 Å². The molecule has 0 fully saturated rings. The Balaban J connectivity index is 1.38. The van der Waals surface area contributed by atoms with Gasteiger partial charge >= 0.3 is 0 Å². The smallest absolute Gasteiger partial charge is 0.260 e. The van der Waals surface area contributed by atoms with Gasteiger partial charge in [-0.2, -0.15) is 0 Å². The van der Waals surface area contributed by atoms with E-state index in [-0.39, 0.29) is 17.4 Å². The number of amides is 2. The normalized spacial score (nSPS) is 15.7. The summed E-state index contributed by atoms with van der Waals surface area (Å²) in [5.74, 6) is 2.25. The summed E-state index contributed by atoms with van der Waals surface area (Å²) < 4.78 is 12.7. The first-order valence-corrected chi connectivity index (χ1v) is 12.5. The minimum absolute atomic E-state index is 0.0403. The van der Waals surface area contributed by atoms with Crippen molar-refractivity contribution in [2.45, 2.75) is 51.6 Å². The molecule has 0 saturated heterocycles. The molecule has 1 N–H and O–H groups in total. The van der Waals surface area contributed by atoms with Crippen LogP contribution in [0, 0.1) is 0 Å². The molecule has 4 heterocycles. The zero-order chi connectivity index (χ0) is 26.2. The van der Waals surface area contributed by atoms with Gasteiger partial charge in [-0.25, -0.2) is 4.98 Å². The van der Waals surface area contributed by atoms with Crippen molar-refractivity contribution in [1.29, 1.82) is 0 Å². The van der Waals surface area contributed by atoms with Gasteiger partial charge in [0.2, 0.25) is 5.91 Å². The fourth-order valence-corrected chi connectivity index (χ4v) is 5.12. The summed E-state index contributed by atoms with van der Waals surface area (Å²) in [6, 6.07) is 9.17. The standard InChI is InChI=1S/C27H32N6O4/c1-27(2)11-8-23-30-31-25(33(23)27)20-6-5-7-22(28-20)29-26(35)19-14-18-16-32(24(34)10-13-36-3)12-9-17(18)15-21(19)37-4/h5-7,14-15H,8-13,16H2,1-4H3,(H,28,29,35). The lowest BCUT2D eigenvalue weighted by molar-refractivity contribution is -0.133. The van der Waals surface area contributed by atoms with Gasteiger partial charge in [-0.3, -0.25) is 9.59 Å². The SMILES string of the molecule is COCCC(=O)N1CCc2cc(OC)c(C(=O)Nc3cccc(-c4nnc5n4C(C)(C)CC5)n3)cc2C1. The molecule has 0 atom stereocenters. The van der Waals surface area contributed by atoms with E-state index in [1.54, 1.807) is 25.2 Å². The summed E-state index contributed by atoms with van der Waals surface area (Å²) in [5, 5.41) is 11.6. The van der Waals surface area contributed by atoms with Gasteiger partial charge in [0, 0.05) is 32.2 Å². The van der Waals surface area contributed by atoms with Crippen LogP contribution in [0.1, 0.15) is 54.0 Å². The van der Waals surface area contributed by atoms with Crippen LogP contribution in [-0.2, 0) is 34.5 Å². The zero-order valence-electron chi connectivity index (χ0n) is 21.7. The van der Waals surface area contributed by atoms with Crippen molar-refractivity contribution in [3.05, 3.63) is 52.8 Å². The molecule has 0 unspecified atom stereocenters. The lowest BCUT2D eigenvalue weighted by atomic mass is 9.96. The molecule has 2 aliphatic heterocycles. The first-order chi connectivity index (χ1) is 17.8. The molecule has 37 heavy (non-hydrogen) atoms. The highest BCUT2D eigenvalue weighted by Gasteiger charge is 2.34. The molecular formula is C27H32N6O4. The number of anilines is 1. The molecule has 0 radical (unpaired) electrons. The highest BCUT2D eigenvalue weighted by Crippen LogP contribution is 2.35. The Bertz CT molecular complexity index is 1350. The van der Waals surface area contributed by atoms with E-state index >= 15 is 0 Å². The van der Waals surface area contributed by atoms with Crippen LogP contribution < -0.4 is 10.1 Å². The fourth-order valence-electron chi connectivity index (χ4n) is 5.12. The molecule has 10 heteroatoms. The van der Waals surface area contributed by atoms with E-state index in [0.29, 0.717) is 61.2 Å². The molecule has 194 valence electrons. The quantitative estimate of drug-likeness (QED) is 0.526. The lowest BCUT2D eigenvalue weighted by Crippen LogP contribution is -2.36. The number of hydrogen-bond acceptors (Lipinski definition) is 7. The molecule has 0 saturated carbocycles. The zero-order valence-corrected chi connectivity index (χ0v) is 21.7. The molecule has 3 aromatic rings. The third-order valence-electron chi connectivity index (χ3n) is 7.17. The fraction of sp³-hybridized carbons (Fsp3) is 0.444. The Morgan fingerprint density at radius 1 is 1.11 bits per heavy atom. The topological polar surface area (TPSA) is 111 Å². The number of nitrogens with one attached hydrogen (secondary N) is 1. The number of methoxy groups -OCH3 is 2. The van der Waals surface area contributed by atoms with E-state index in [1.165, 1.54) is 0 Å². The van der Waals surface area contributed by atoms with Gasteiger partial charge in [-0.1, -0.05) is 6.07 Å². The lowest BCUT2D eigenvalue weighted by Gasteiger charge is -2.29. The second-order valence-electron chi connectivity index (χ2n) is 10.1. The summed E-state index contributed by atoms with van der Waals surface area (Å²) in [7, 11) is 3.13. The Morgan fingerprint density at radius 2 is 1.95 bits per heavy atom. The van der Waals surface area contributed by atoms with Gasteiger partial charge in [0.15, 0.2) is 5.82 Å². The molecule has 10 nitrogen and oxygen atoms in total. The third kappa shape index (κ3) is 4.81. The van der Waals surface area contributed by atoms with Crippen LogP contribution in [0.2, 0.25) is 0 Å². The van der Waals surface area contributed by atoms with Crippen LogP contribution in [0.25, 0.3) is 11.5 Å². The van der Waals surface area contributed by atoms with Crippen molar-refractivity contribution in [2.24, 2.45) is 0 Å². The molecule has 2 amide bonds. The number of benzene rings is 1.